The second-order valence-electron chi connectivity index (χ2n) is 31.0. The summed E-state index contributed by atoms with van der Waals surface area (Å²) in [4.78, 5) is 43.8. The first-order valence-electron chi connectivity index (χ1n) is 41.1. The molecule has 0 spiro atoms. The van der Waals surface area contributed by atoms with Gasteiger partial charge in [-0.25, -0.2) is 23.9 Å². The van der Waals surface area contributed by atoms with E-state index in [1.54, 1.807) is 17.0 Å². The second kappa shape index (κ2) is 32.9. The number of aromatic nitrogens is 13. The third-order valence-electron chi connectivity index (χ3n) is 23.8. The molecule has 0 saturated heterocycles. The molecule has 0 unspecified atom stereocenters. The van der Waals surface area contributed by atoms with Gasteiger partial charge in [0.2, 0.25) is 12.4 Å². The molecule has 24 rings (SSSR count). The molecule has 6 aliphatic rings. The molecule has 16 heteroatoms. The summed E-state index contributed by atoms with van der Waals surface area (Å²) in [5.74, 6) is 2.13. The standard InChI is InChI=1S/C22H16N4.C21H17N3.C21H17NO2.C20H16N4.C19H16N2/c1-23-21-13-25-20-10-9-18(14-26(20)21)19-6-3-11-24-22(19)17-8-7-15-4-2-5-16(15)12-17;1-3-15-6-7-17(13-16(15)4-1)21-19(5-2-10-23-21)18-8-9-20-22-11-12-24(20)14-18;1-3-14-6-7-17(11-15(14)4-1)21-18(5-2-10-22-21)16-8-9-19-20(12-16)24-13-23-19;1-3-14-6-7-16(11-15(14)4-1)20-18(5-2-10-21-20)17-8-9-19-22-13-23-24(19)12-17;1-3-14-6-7-17(13-16(14)4-1)19-18(5-2-10-21-19)15-8-11-20-12-9-15/h3,6-14H,2,4-5H2;2,5-14H,1,3-4H2;2,5-12H,1,3-4,13H2;2,5-13H,1,3-4H2;2,5-13H,1,3-4H2. The maximum absolute atomic E-state index is 7.32. The number of nitrogens with zero attached hydrogens (tertiary/aromatic N) is 14. The molecule has 13 heterocycles. The molecule has 12 aromatic heterocycles. The van der Waals surface area contributed by atoms with E-state index in [1.807, 2.05) is 145 Å². The summed E-state index contributed by atoms with van der Waals surface area (Å²) in [7, 11) is 0. The fraction of sp³-hybridized carbons (Fsp3) is 0.155. The Bertz CT molecular complexity index is 6650. The molecule has 16 nitrogen and oxygen atoms in total. The van der Waals surface area contributed by atoms with E-state index < -0.39 is 0 Å². The van der Waals surface area contributed by atoms with Gasteiger partial charge in [0.25, 0.3) is 5.82 Å². The van der Waals surface area contributed by atoms with E-state index in [2.05, 4.69) is 206 Å². The number of pyridine rings is 9. The Labute approximate surface area is 690 Å². The lowest BCUT2D eigenvalue weighted by atomic mass is 9.97. The fourth-order valence-corrected chi connectivity index (χ4v) is 17.8. The molecule has 119 heavy (non-hydrogen) atoms. The van der Waals surface area contributed by atoms with Crippen molar-refractivity contribution in [2.45, 2.75) is 96.3 Å². The van der Waals surface area contributed by atoms with Crippen LogP contribution < -0.4 is 9.47 Å². The van der Waals surface area contributed by atoms with E-state index in [0.717, 1.165) is 125 Å². The Kier molecular flexibility index (Phi) is 20.2. The van der Waals surface area contributed by atoms with Gasteiger partial charge < -0.3 is 18.7 Å². The number of imidazole rings is 2. The van der Waals surface area contributed by atoms with Crippen LogP contribution in [0.1, 0.15) is 87.7 Å². The Balaban J connectivity index is 0.0000000954. The molecule has 18 aromatic rings. The third-order valence-corrected chi connectivity index (χ3v) is 23.8. The van der Waals surface area contributed by atoms with E-state index in [4.69, 9.17) is 21.0 Å². The SMILES string of the molecule is [C-]#[N+]c1cnc2ccc(-c3cccnc3-c3ccc4c(c3)CCC4)cn12.c1cnc(-c2ccc3c(c2)CCC3)c(-c2ccc3c(c2)OCO3)c1.c1cnc(-c2ccc3c(c2)CCC3)c(-c2ccc3nccn3c2)c1.c1cnc(-c2ccc3c(c2)CCC3)c(-c2ccc3ncnn3c2)c1.c1cnc(-c2ccc3c(c2)CCC3)c(-c2ccncc2)c1. The first kappa shape index (κ1) is 73.2. The van der Waals surface area contributed by atoms with E-state index >= 15 is 0 Å². The van der Waals surface area contributed by atoms with Gasteiger partial charge in [-0.1, -0.05) is 104 Å². The van der Waals surface area contributed by atoms with Crippen molar-refractivity contribution in [1.29, 1.82) is 0 Å². The Morgan fingerprint density at radius 2 is 0.681 bits per heavy atom. The average molecular weight is 1550 g/mol. The van der Waals surface area contributed by atoms with Crippen LogP contribution in [0.5, 0.6) is 11.5 Å². The minimum Gasteiger partial charge on any atom is -0.454 e. The minimum absolute atomic E-state index is 0.295. The molecular weight excluding hydrogens is 1470 g/mol. The van der Waals surface area contributed by atoms with Gasteiger partial charge in [-0.15, -0.1) is 0 Å². The van der Waals surface area contributed by atoms with Crippen LogP contribution in [0.25, 0.3) is 134 Å². The van der Waals surface area contributed by atoms with Gasteiger partial charge in [0, 0.05) is 147 Å². The normalized spacial score (nSPS) is 13.5. The molecule has 0 bridgehead atoms. The zero-order valence-corrected chi connectivity index (χ0v) is 65.8. The minimum atomic E-state index is 0.295. The number of aryl methyl sites for hydroxylation is 10. The largest absolute Gasteiger partial charge is 0.454 e. The lowest BCUT2D eigenvalue weighted by Crippen LogP contribution is -1.93. The van der Waals surface area contributed by atoms with Crippen molar-refractivity contribution in [3.63, 3.8) is 0 Å². The van der Waals surface area contributed by atoms with Crippen LogP contribution in [0.3, 0.4) is 0 Å². The van der Waals surface area contributed by atoms with Gasteiger partial charge in [0.15, 0.2) is 17.1 Å². The maximum Gasteiger partial charge on any atom is 0.254 e. The van der Waals surface area contributed by atoms with Crippen LogP contribution >= 0.6 is 0 Å². The summed E-state index contributed by atoms with van der Waals surface area (Å²) >= 11 is 0. The molecule has 0 saturated carbocycles. The second-order valence-corrected chi connectivity index (χ2v) is 31.0. The van der Waals surface area contributed by atoms with Crippen LogP contribution in [-0.2, 0) is 64.2 Å². The predicted molar refractivity (Wildman–Crippen MR) is 470 cm³/mol. The fourth-order valence-electron chi connectivity index (χ4n) is 17.8. The Morgan fingerprint density at radius 3 is 1.14 bits per heavy atom. The average Bonchev–Trinajstić information content (AvgIpc) is 1.69. The van der Waals surface area contributed by atoms with E-state index in [1.165, 1.54) is 168 Å². The molecule has 576 valence electrons. The number of benzene rings is 6. The molecule has 0 radical (unpaired) electrons. The maximum atomic E-state index is 7.32. The molecular formula is C103H82N14O2. The van der Waals surface area contributed by atoms with Crippen LogP contribution in [0.2, 0.25) is 0 Å². The van der Waals surface area contributed by atoms with Crippen molar-refractivity contribution in [2.75, 3.05) is 6.79 Å². The summed E-state index contributed by atoms with van der Waals surface area (Å²) in [5, 5.41) is 4.24. The predicted octanol–water partition coefficient (Wildman–Crippen LogP) is 22.5. The zero-order valence-electron chi connectivity index (χ0n) is 65.8. The van der Waals surface area contributed by atoms with Crippen LogP contribution in [0, 0.1) is 6.57 Å². The quantitative estimate of drug-likeness (QED) is 0.119. The number of rotatable bonds is 10. The number of ether oxygens (including phenoxy) is 2. The smallest absolute Gasteiger partial charge is 0.254 e. The highest BCUT2D eigenvalue weighted by Gasteiger charge is 2.23. The highest BCUT2D eigenvalue weighted by molar-refractivity contribution is 5.86. The van der Waals surface area contributed by atoms with Gasteiger partial charge >= 0.3 is 0 Å². The summed E-state index contributed by atoms with van der Waals surface area (Å²) in [6, 6.07) is 76.7. The van der Waals surface area contributed by atoms with Crippen LogP contribution in [0.4, 0.5) is 5.82 Å². The lowest BCUT2D eigenvalue weighted by Gasteiger charge is -2.11. The summed E-state index contributed by atoms with van der Waals surface area (Å²) in [5.41, 5.74) is 39.6. The van der Waals surface area contributed by atoms with Crippen molar-refractivity contribution < 1.29 is 9.47 Å². The molecule has 5 aliphatic carbocycles. The summed E-state index contributed by atoms with van der Waals surface area (Å²) < 4.78 is 16.6. The van der Waals surface area contributed by atoms with Crippen molar-refractivity contribution in [3.05, 3.63) is 372 Å². The number of hydrogen-bond donors (Lipinski definition) is 0. The van der Waals surface area contributed by atoms with Gasteiger partial charge in [-0.3, -0.25) is 29.9 Å². The topological polar surface area (TPSA) is 165 Å². The summed E-state index contributed by atoms with van der Waals surface area (Å²) in [6.07, 6.45) is 44.3. The van der Waals surface area contributed by atoms with Gasteiger partial charge in [-0.2, -0.15) is 5.10 Å². The Morgan fingerprint density at radius 1 is 0.294 bits per heavy atom. The van der Waals surface area contributed by atoms with Crippen LogP contribution in [0.15, 0.2) is 305 Å². The molecule has 0 amide bonds. The monoisotopic (exact) mass is 1550 g/mol. The van der Waals surface area contributed by atoms with Gasteiger partial charge in [0.05, 0.1) is 40.9 Å². The van der Waals surface area contributed by atoms with E-state index in [9.17, 15) is 0 Å². The highest BCUT2D eigenvalue weighted by Crippen LogP contribution is 2.42. The van der Waals surface area contributed by atoms with Crippen LogP contribution in [-0.4, -0.2) is 70.1 Å². The molecule has 0 atom stereocenters. The molecule has 0 fully saturated rings. The van der Waals surface area contributed by atoms with Crippen molar-refractivity contribution in [1.82, 2.24) is 63.3 Å². The molecule has 0 N–H and O–H groups in total. The molecule has 6 aromatic carbocycles. The Hall–Kier alpha value is -14.7. The number of fused-ring (bicyclic) bond motifs is 9. The highest BCUT2D eigenvalue weighted by atomic mass is 16.7. The lowest BCUT2D eigenvalue weighted by molar-refractivity contribution is 0.174. The third kappa shape index (κ3) is 15.2. The first-order valence-corrected chi connectivity index (χ1v) is 41.1. The number of hydrogen-bond acceptors (Lipinski definition) is 12. The van der Waals surface area contributed by atoms with Gasteiger partial charge in [0.1, 0.15) is 12.0 Å². The molecule has 1 aliphatic heterocycles. The van der Waals surface area contributed by atoms with Crippen molar-refractivity contribution in [2.24, 2.45) is 0 Å². The van der Waals surface area contributed by atoms with Crippen molar-refractivity contribution >= 4 is 22.8 Å². The zero-order chi connectivity index (χ0) is 79.4. The summed E-state index contributed by atoms with van der Waals surface area (Å²) in [6.45, 7) is 7.61. The van der Waals surface area contributed by atoms with Gasteiger partial charge in [-0.05, 0) is 278 Å². The van der Waals surface area contributed by atoms with E-state index in [-0.39, 0.29) is 0 Å². The first-order chi connectivity index (χ1) is 58.9. The van der Waals surface area contributed by atoms with E-state index in [0.29, 0.717) is 12.6 Å². The van der Waals surface area contributed by atoms with Crippen molar-refractivity contribution in [3.8, 4) is 123 Å².